The molecule has 72 valence electrons. The molecule has 1 aliphatic carbocycles. The summed E-state index contributed by atoms with van der Waals surface area (Å²) in [4.78, 5) is 2.35. The van der Waals surface area contributed by atoms with Crippen molar-refractivity contribution in [2.75, 3.05) is 27.8 Å². The van der Waals surface area contributed by atoms with Gasteiger partial charge in [0.15, 0.2) is 0 Å². The maximum absolute atomic E-state index is 5.24. The van der Waals surface area contributed by atoms with E-state index in [4.69, 9.17) is 4.74 Å². The van der Waals surface area contributed by atoms with Crippen molar-refractivity contribution in [2.45, 2.75) is 31.7 Å². The quantitative estimate of drug-likeness (QED) is 0.641. The van der Waals surface area contributed by atoms with Gasteiger partial charge in [-0.1, -0.05) is 12.8 Å². The molecule has 1 rings (SSSR count). The van der Waals surface area contributed by atoms with Crippen molar-refractivity contribution in [3.8, 4) is 0 Å². The van der Waals surface area contributed by atoms with E-state index in [9.17, 15) is 0 Å². The Balaban J connectivity index is 2.42. The third-order valence-electron chi connectivity index (χ3n) is 2.91. The van der Waals surface area contributed by atoms with E-state index in [-0.39, 0.29) is 0 Å². The van der Waals surface area contributed by atoms with E-state index in [2.05, 4.69) is 19.0 Å². The van der Waals surface area contributed by atoms with Crippen molar-refractivity contribution < 1.29 is 4.74 Å². The minimum Gasteiger partial charge on any atom is -0.384 e. The number of hydrogen-bond acceptors (Lipinski definition) is 2. The molecule has 0 N–H and O–H groups in total. The zero-order valence-electron chi connectivity index (χ0n) is 8.55. The van der Waals surface area contributed by atoms with Gasteiger partial charge in [0.05, 0.1) is 6.61 Å². The van der Waals surface area contributed by atoms with Crippen molar-refractivity contribution in [3.63, 3.8) is 0 Å². The molecule has 0 bridgehead atoms. The van der Waals surface area contributed by atoms with Crippen LogP contribution >= 0.6 is 0 Å². The summed E-state index contributed by atoms with van der Waals surface area (Å²) in [6.07, 6.45) is 5.47. The molecule has 0 amide bonds. The van der Waals surface area contributed by atoms with Crippen LogP contribution in [0, 0.1) is 5.92 Å². The van der Waals surface area contributed by atoms with Gasteiger partial charge in [0.2, 0.25) is 0 Å². The second kappa shape index (κ2) is 4.83. The van der Waals surface area contributed by atoms with Crippen LogP contribution in [0.4, 0.5) is 0 Å². The van der Waals surface area contributed by atoms with E-state index in [0.29, 0.717) is 0 Å². The lowest BCUT2D eigenvalue weighted by Gasteiger charge is -2.35. The second-order valence-corrected chi connectivity index (χ2v) is 4.03. The van der Waals surface area contributed by atoms with Crippen molar-refractivity contribution >= 4 is 0 Å². The summed E-state index contributed by atoms with van der Waals surface area (Å²) in [5, 5.41) is 0. The SMILES string of the molecule is COCC1CCCCC1N(C)C. The van der Waals surface area contributed by atoms with E-state index < -0.39 is 0 Å². The molecule has 0 aliphatic heterocycles. The predicted octanol–water partition coefficient (Wildman–Crippen LogP) is 1.75. The van der Waals surface area contributed by atoms with Crippen LogP contribution in [0.5, 0.6) is 0 Å². The first kappa shape index (κ1) is 10.0. The normalized spacial score (nSPS) is 31.0. The topological polar surface area (TPSA) is 12.5 Å². The molecule has 0 spiro atoms. The van der Waals surface area contributed by atoms with Crippen molar-refractivity contribution in [1.29, 1.82) is 0 Å². The molecule has 0 aromatic carbocycles. The third-order valence-corrected chi connectivity index (χ3v) is 2.91. The van der Waals surface area contributed by atoms with Crippen molar-refractivity contribution in [2.24, 2.45) is 5.92 Å². The maximum atomic E-state index is 5.24. The molecule has 1 saturated carbocycles. The van der Waals surface area contributed by atoms with Crippen molar-refractivity contribution in [1.82, 2.24) is 4.90 Å². The van der Waals surface area contributed by atoms with Gasteiger partial charge in [-0.2, -0.15) is 0 Å². The number of rotatable bonds is 3. The molecular formula is C10H21NO. The van der Waals surface area contributed by atoms with Crippen LogP contribution in [0.2, 0.25) is 0 Å². The number of hydrogen-bond donors (Lipinski definition) is 0. The zero-order valence-corrected chi connectivity index (χ0v) is 8.55. The van der Waals surface area contributed by atoms with Crippen LogP contribution in [-0.2, 0) is 4.74 Å². The summed E-state index contributed by atoms with van der Waals surface area (Å²) < 4.78 is 5.24. The molecule has 0 aromatic heterocycles. The van der Waals surface area contributed by atoms with Crippen LogP contribution < -0.4 is 0 Å². The Kier molecular flexibility index (Phi) is 4.02. The first-order chi connectivity index (χ1) is 5.75. The van der Waals surface area contributed by atoms with Crippen LogP contribution in [-0.4, -0.2) is 38.8 Å². The Morgan fingerprint density at radius 3 is 2.50 bits per heavy atom. The Morgan fingerprint density at radius 2 is 1.92 bits per heavy atom. The third kappa shape index (κ3) is 2.46. The highest BCUT2D eigenvalue weighted by Gasteiger charge is 2.26. The molecule has 2 unspecified atom stereocenters. The van der Waals surface area contributed by atoms with Gasteiger partial charge in [-0.05, 0) is 32.9 Å². The highest BCUT2D eigenvalue weighted by atomic mass is 16.5. The van der Waals surface area contributed by atoms with E-state index in [1.165, 1.54) is 25.7 Å². The number of ether oxygens (including phenoxy) is 1. The number of methoxy groups -OCH3 is 1. The van der Waals surface area contributed by atoms with Gasteiger partial charge in [-0.3, -0.25) is 0 Å². The van der Waals surface area contributed by atoms with Gasteiger partial charge in [-0.15, -0.1) is 0 Å². The predicted molar refractivity (Wildman–Crippen MR) is 51.3 cm³/mol. The Hall–Kier alpha value is -0.0800. The fourth-order valence-electron chi connectivity index (χ4n) is 2.28. The standard InChI is InChI=1S/C10H21NO/c1-11(2)10-7-5-4-6-9(10)8-12-3/h9-10H,4-8H2,1-3H3. The average molecular weight is 171 g/mol. The molecule has 1 aliphatic rings. The highest BCUT2D eigenvalue weighted by molar-refractivity contribution is 4.80. The molecule has 2 nitrogen and oxygen atoms in total. The van der Waals surface area contributed by atoms with Crippen LogP contribution in [0.3, 0.4) is 0 Å². The average Bonchev–Trinajstić information content (AvgIpc) is 2.05. The molecule has 12 heavy (non-hydrogen) atoms. The van der Waals surface area contributed by atoms with E-state index >= 15 is 0 Å². The maximum Gasteiger partial charge on any atom is 0.0505 e. The summed E-state index contributed by atoms with van der Waals surface area (Å²) in [5.74, 6) is 0.763. The highest BCUT2D eigenvalue weighted by Crippen LogP contribution is 2.27. The Morgan fingerprint density at radius 1 is 1.25 bits per heavy atom. The molecule has 0 radical (unpaired) electrons. The minimum absolute atomic E-state index is 0.749. The van der Waals surface area contributed by atoms with Gasteiger partial charge in [0, 0.05) is 13.2 Å². The summed E-state index contributed by atoms with van der Waals surface area (Å²) in [5.41, 5.74) is 0. The van der Waals surface area contributed by atoms with Crippen molar-refractivity contribution in [3.05, 3.63) is 0 Å². The molecule has 0 saturated heterocycles. The van der Waals surface area contributed by atoms with Gasteiger partial charge in [0.25, 0.3) is 0 Å². The van der Waals surface area contributed by atoms with Gasteiger partial charge in [0.1, 0.15) is 0 Å². The lowest BCUT2D eigenvalue weighted by Crippen LogP contribution is -2.39. The first-order valence-corrected chi connectivity index (χ1v) is 4.91. The Labute approximate surface area is 75.9 Å². The van der Waals surface area contributed by atoms with Gasteiger partial charge in [-0.25, -0.2) is 0 Å². The molecule has 2 heteroatoms. The fourth-order valence-corrected chi connectivity index (χ4v) is 2.28. The fraction of sp³-hybridized carbons (Fsp3) is 1.00. The van der Waals surface area contributed by atoms with Gasteiger partial charge < -0.3 is 9.64 Å². The summed E-state index contributed by atoms with van der Waals surface area (Å²) in [6.45, 7) is 0.933. The summed E-state index contributed by atoms with van der Waals surface area (Å²) in [7, 11) is 6.17. The lowest BCUT2D eigenvalue weighted by atomic mass is 9.84. The summed E-state index contributed by atoms with van der Waals surface area (Å²) in [6, 6.07) is 0.749. The van der Waals surface area contributed by atoms with E-state index in [1.807, 2.05) is 0 Å². The van der Waals surface area contributed by atoms with Crippen LogP contribution in [0.1, 0.15) is 25.7 Å². The second-order valence-electron chi connectivity index (χ2n) is 4.03. The molecule has 0 aromatic rings. The lowest BCUT2D eigenvalue weighted by molar-refractivity contribution is 0.0705. The number of nitrogens with zero attached hydrogens (tertiary/aromatic N) is 1. The molecular weight excluding hydrogens is 150 g/mol. The molecule has 0 heterocycles. The zero-order chi connectivity index (χ0) is 8.97. The minimum atomic E-state index is 0.749. The van der Waals surface area contributed by atoms with E-state index in [1.54, 1.807) is 7.11 Å². The van der Waals surface area contributed by atoms with Gasteiger partial charge >= 0.3 is 0 Å². The first-order valence-electron chi connectivity index (χ1n) is 4.91. The van der Waals surface area contributed by atoms with E-state index in [0.717, 1.165) is 18.6 Å². The van der Waals surface area contributed by atoms with Crippen LogP contribution in [0.25, 0.3) is 0 Å². The summed E-state index contributed by atoms with van der Waals surface area (Å²) >= 11 is 0. The smallest absolute Gasteiger partial charge is 0.0505 e. The largest absolute Gasteiger partial charge is 0.384 e. The van der Waals surface area contributed by atoms with Crippen LogP contribution in [0.15, 0.2) is 0 Å². The Bertz CT molecular complexity index is 123. The molecule has 1 fully saturated rings. The molecule has 2 atom stereocenters. The monoisotopic (exact) mass is 171 g/mol.